The van der Waals surface area contributed by atoms with Gasteiger partial charge in [-0.05, 0) is 148 Å². The Hall–Kier alpha value is -2.59. The number of hydrogen-bond acceptors (Lipinski definition) is 24. The Kier molecular flexibility index (Phi) is 23.1. The van der Waals surface area contributed by atoms with Crippen LogP contribution in [0.15, 0.2) is 48.6 Å². The fourth-order valence-electron chi connectivity index (χ4n) is 22.6. The topological polar surface area (TPSA) is 329 Å². The first-order chi connectivity index (χ1) is 51.1. The predicted octanol–water partition coefficient (Wildman–Crippen LogP) is 7.62. The molecule has 20 saturated heterocycles. The van der Waals surface area contributed by atoms with E-state index in [0.29, 0.717) is 95.1 Å². The number of aliphatic hydroxyl groups excluding tert-OH is 2. The highest BCUT2D eigenvalue weighted by molar-refractivity contribution is 7.85. The standard InChI is InChI=1S/2C40H59NO10.CH4O3S/c2*1-19-11-25-5-7-29-20(2)12-27(44-29)9-10-40-17-34-36(50-40)37-38(49-34)39(51-40)35-30(48-37)8-6-26(46-35)13-23(42)14-28-22(4)31(15-24(43)18-41)47-33(28)16-32(45-25)21(19)3;1-5(2,3)4/h2*19,22,24-39,43H,2-3,5-18,41H2,1,4H3;1H3,(H,2,3,4)/t2*19-,22-,24+,25+,26-,27+,28?,29?,30+,31-,32?,33+,34-,35+,36?,37+,38-,39+,40+;/m11./s1. The Balaban J connectivity index is 0.000000154. The molecule has 38 atom stereocenters. The number of fused-ring (bicyclic) bond motifs is 12. The summed E-state index contributed by atoms with van der Waals surface area (Å²) in [6.45, 7) is 27.0. The van der Waals surface area contributed by atoms with Crippen LogP contribution in [0, 0.1) is 35.5 Å². The van der Waals surface area contributed by atoms with Crippen molar-refractivity contribution in [1.29, 1.82) is 0 Å². The zero-order valence-electron chi connectivity index (χ0n) is 63.5. The average Bonchev–Trinajstić information content (AvgIpc) is 1.55. The van der Waals surface area contributed by atoms with Gasteiger partial charge in [-0.2, -0.15) is 8.42 Å². The lowest BCUT2D eigenvalue weighted by Crippen LogP contribution is -2.61. The summed E-state index contributed by atoms with van der Waals surface area (Å²) in [6, 6.07) is 0. The number of aliphatic hydroxyl groups is 2. The maximum absolute atomic E-state index is 14.0. The second-order valence-electron chi connectivity index (χ2n) is 35.9. The molecule has 107 heavy (non-hydrogen) atoms. The molecule has 0 aromatic heterocycles. The van der Waals surface area contributed by atoms with Crippen molar-refractivity contribution < 1.29 is 109 Å². The van der Waals surface area contributed by atoms with Crippen molar-refractivity contribution in [3.8, 4) is 0 Å². The van der Waals surface area contributed by atoms with E-state index in [1.165, 1.54) is 0 Å². The fraction of sp³-hybridized carbons (Fsp3) is 0.877. The van der Waals surface area contributed by atoms with Gasteiger partial charge in [0.1, 0.15) is 72.6 Å². The molecule has 26 heteroatoms. The molecule has 7 N–H and O–H groups in total. The molecule has 2 spiro atoms. The zero-order valence-corrected chi connectivity index (χ0v) is 64.3. The highest BCUT2D eigenvalue weighted by Crippen LogP contribution is 2.58. The normalized spacial score (nSPS) is 51.2. The Labute approximate surface area is 631 Å². The molecule has 24 bridgehead atoms. The molecular formula is C81H122N2O23S. The fourth-order valence-corrected chi connectivity index (χ4v) is 22.6. The number of nitrogens with two attached hydrogens (primary N) is 2. The van der Waals surface area contributed by atoms with E-state index in [1.807, 2.05) is 0 Å². The smallest absolute Gasteiger partial charge is 0.261 e. The zero-order chi connectivity index (χ0) is 74.9. The largest absolute Gasteiger partial charge is 0.392 e. The summed E-state index contributed by atoms with van der Waals surface area (Å²) < 4.78 is 134. The van der Waals surface area contributed by atoms with Gasteiger partial charge in [0.15, 0.2) is 11.6 Å². The third kappa shape index (κ3) is 16.3. The molecule has 0 saturated carbocycles. The van der Waals surface area contributed by atoms with Crippen LogP contribution in [0.3, 0.4) is 0 Å². The first-order valence-corrected chi connectivity index (χ1v) is 43.0. The van der Waals surface area contributed by atoms with Gasteiger partial charge in [0.25, 0.3) is 10.1 Å². The van der Waals surface area contributed by atoms with Gasteiger partial charge in [-0.1, -0.05) is 54.0 Å². The molecule has 25 nitrogen and oxygen atoms in total. The monoisotopic (exact) mass is 1520 g/mol. The molecule has 20 heterocycles. The van der Waals surface area contributed by atoms with Crippen molar-refractivity contribution in [1.82, 2.24) is 0 Å². The van der Waals surface area contributed by atoms with Gasteiger partial charge in [-0.3, -0.25) is 14.1 Å². The number of rotatable bonds is 6. The van der Waals surface area contributed by atoms with E-state index in [4.69, 9.17) is 91.8 Å². The highest BCUT2D eigenvalue weighted by atomic mass is 32.2. The van der Waals surface area contributed by atoms with Crippen LogP contribution in [0.25, 0.3) is 0 Å². The maximum atomic E-state index is 14.0. The molecule has 20 rings (SSSR count). The van der Waals surface area contributed by atoms with Crippen LogP contribution in [0.2, 0.25) is 0 Å². The number of ether oxygens (including phenoxy) is 16. The van der Waals surface area contributed by atoms with Crippen LogP contribution < -0.4 is 11.5 Å². The van der Waals surface area contributed by atoms with E-state index in [9.17, 15) is 28.2 Å². The number of carbonyl (C=O) groups is 2. The number of carbonyl (C=O) groups excluding carboxylic acids is 2. The Morgan fingerprint density at radius 2 is 0.766 bits per heavy atom. The van der Waals surface area contributed by atoms with E-state index < -0.39 is 33.9 Å². The predicted molar refractivity (Wildman–Crippen MR) is 387 cm³/mol. The molecule has 8 unspecified atom stereocenters. The van der Waals surface area contributed by atoms with Crippen molar-refractivity contribution in [3.63, 3.8) is 0 Å². The lowest BCUT2D eigenvalue weighted by Gasteiger charge is -2.47. The maximum Gasteiger partial charge on any atom is 0.261 e. The summed E-state index contributed by atoms with van der Waals surface area (Å²) in [6.07, 6.45) is 13.6. The molecule has 20 aliphatic heterocycles. The minimum absolute atomic E-state index is 0.00127. The molecule has 0 aliphatic carbocycles. The third-order valence-corrected chi connectivity index (χ3v) is 28.4. The van der Waals surface area contributed by atoms with E-state index in [1.54, 1.807) is 0 Å². The summed E-state index contributed by atoms with van der Waals surface area (Å²) >= 11 is 0. The van der Waals surface area contributed by atoms with Crippen LogP contribution in [-0.4, -0.2) is 249 Å². The summed E-state index contributed by atoms with van der Waals surface area (Å²) in [5, 5.41) is 21.0. The van der Waals surface area contributed by atoms with Crippen LogP contribution in [0.5, 0.6) is 0 Å². The summed E-state index contributed by atoms with van der Waals surface area (Å²) in [4.78, 5) is 28.0. The average molecular weight is 1520 g/mol. The van der Waals surface area contributed by atoms with Gasteiger partial charge in [0.05, 0.1) is 128 Å². The molecule has 20 aliphatic rings. The van der Waals surface area contributed by atoms with Crippen molar-refractivity contribution >= 4 is 21.7 Å². The molecular weight excluding hydrogens is 1400 g/mol. The Morgan fingerprint density at radius 3 is 1.17 bits per heavy atom. The van der Waals surface area contributed by atoms with Crippen LogP contribution in [0.4, 0.5) is 0 Å². The molecule has 0 aromatic carbocycles. The molecule has 600 valence electrons. The van der Waals surface area contributed by atoms with E-state index >= 15 is 0 Å². The van der Waals surface area contributed by atoms with Crippen LogP contribution >= 0.6 is 0 Å². The van der Waals surface area contributed by atoms with Gasteiger partial charge in [0, 0.05) is 90.1 Å². The van der Waals surface area contributed by atoms with Crippen molar-refractivity contribution in [3.05, 3.63) is 48.6 Å². The van der Waals surface area contributed by atoms with Crippen molar-refractivity contribution in [2.45, 2.75) is 389 Å². The van der Waals surface area contributed by atoms with Crippen LogP contribution in [-0.2, 0) is 95.5 Å². The van der Waals surface area contributed by atoms with Crippen LogP contribution in [0.1, 0.15) is 195 Å². The molecule has 0 radical (unpaired) electrons. The van der Waals surface area contributed by atoms with E-state index in [-0.39, 0.29) is 219 Å². The second kappa shape index (κ2) is 31.5. The lowest BCUT2D eigenvalue weighted by molar-refractivity contribution is -0.292. The van der Waals surface area contributed by atoms with Crippen molar-refractivity contribution in [2.24, 2.45) is 47.0 Å². The molecule has 20 fully saturated rings. The molecule has 0 aromatic rings. The third-order valence-electron chi connectivity index (χ3n) is 28.4. The quantitative estimate of drug-likeness (QED) is 0.126. The first kappa shape index (κ1) is 78.3. The minimum Gasteiger partial charge on any atom is -0.392 e. The van der Waals surface area contributed by atoms with Gasteiger partial charge in [-0.15, -0.1) is 0 Å². The van der Waals surface area contributed by atoms with Crippen molar-refractivity contribution in [2.75, 3.05) is 19.3 Å². The van der Waals surface area contributed by atoms with Gasteiger partial charge < -0.3 is 97.5 Å². The summed E-state index contributed by atoms with van der Waals surface area (Å²) in [7, 11) is -3.67. The second-order valence-corrected chi connectivity index (χ2v) is 37.4. The highest BCUT2D eigenvalue weighted by Gasteiger charge is 2.71. The molecule has 0 amide bonds. The van der Waals surface area contributed by atoms with Gasteiger partial charge >= 0.3 is 0 Å². The summed E-state index contributed by atoms with van der Waals surface area (Å²) in [5.74, 6) is -0.444. The Morgan fingerprint density at radius 1 is 0.411 bits per heavy atom. The minimum atomic E-state index is -3.67. The lowest BCUT2D eigenvalue weighted by atomic mass is 9.78. The SMILES string of the molecule is C=C1C[C@@H]2CC[C@@]34C[C@H]5O[C@H]6[C@@H](O3)[C@H]3O[C@H](CC[C@@H]3O[C@H]6C5O4)CC(=O)CC3[C@H](CC4O[C@@H](CCC1O2)C[C@@H](C)C4=C)O[C@H](C[C@H](O)CN)[C@@H]3C.C=C1C[C@@H]2CC[C@@]34C[C@H]5O[C@H]6[C@@H](O3)[C@H]3O[C@H](CC[C@@H]3O[C@H]6C5O4)CC(=O)CC3[C@H](CC4O[C@@H](CCC1O2)C[C@@H](C)C4=C)O[C@H](C[C@H](O)CN)[C@@H]3C.CS(=O)(=O)O. The summed E-state index contributed by atoms with van der Waals surface area (Å²) in [5.41, 5.74) is 16.1. The number of ketones is 2. The Bertz CT molecular complexity index is 3180. The number of hydrogen-bond donors (Lipinski definition) is 5. The van der Waals surface area contributed by atoms with Gasteiger partial charge in [-0.25, -0.2) is 0 Å². The first-order valence-electron chi connectivity index (χ1n) is 41.1. The number of Topliss-reactive ketones (excluding diaryl/α,β-unsaturated/α-hetero) is 2. The van der Waals surface area contributed by atoms with E-state index in [2.05, 4.69) is 54.0 Å². The van der Waals surface area contributed by atoms with Gasteiger partial charge in [0.2, 0.25) is 0 Å². The van der Waals surface area contributed by atoms with E-state index in [0.717, 1.165) is 112 Å².